The van der Waals surface area contributed by atoms with Crippen molar-refractivity contribution in [1.82, 2.24) is 4.90 Å². The van der Waals surface area contributed by atoms with Crippen LogP contribution < -0.4 is 0 Å². The van der Waals surface area contributed by atoms with E-state index in [-0.39, 0.29) is 6.10 Å². The second-order valence-corrected chi connectivity index (χ2v) is 6.01. The molecule has 0 aromatic heterocycles. The molecule has 2 unspecified atom stereocenters. The standard InChI is InChI=1S/C19H21NO3/c1-14-13-23-18(16-5-3-2-4-6-16)12-20(14)11-15-7-9-17(10-8-15)19(21)22/h2-10,14,18H,11-13H2,1H3,(H,21,22). The van der Waals surface area contributed by atoms with E-state index in [0.29, 0.717) is 18.2 Å². The van der Waals surface area contributed by atoms with Gasteiger partial charge < -0.3 is 9.84 Å². The summed E-state index contributed by atoms with van der Waals surface area (Å²) in [6.07, 6.45) is 0.0886. The van der Waals surface area contributed by atoms with Crippen LogP contribution in [-0.4, -0.2) is 35.2 Å². The lowest BCUT2D eigenvalue weighted by atomic mass is 10.0. The number of morpholine rings is 1. The van der Waals surface area contributed by atoms with Gasteiger partial charge in [-0.2, -0.15) is 0 Å². The Labute approximate surface area is 136 Å². The molecular weight excluding hydrogens is 290 g/mol. The third-order valence-corrected chi connectivity index (χ3v) is 4.32. The fraction of sp³-hybridized carbons (Fsp3) is 0.316. The summed E-state index contributed by atoms with van der Waals surface area (Å²) in [6, 6.07) is 17.7. The summed E-state index contributed by atoms with van der Waals surface area (Å²) >= 11 is 0. The van der Waals surface area contributed by atoms with E-state index in [1.165, 1.54) is 5.56 Å². The molecule has 1 saturated heterocycles. The first-order valence-corrected chi connectivity index (χ1v) is 7.86. The molecule has 1 N–H and O–H groups in total. The van der Waals surface area contributed by atoms with E-state index in [2.05, 4.69) is 24.0 Å². The van der Waals surface area contributed by atoms with Crippen LogP contribution in [0.1, 0.15) is 34.5 Å². The molecule has 0 spiro atoms. The molecule has 1 heterocycles. The Bertz CT molecular complexity index is 654. The molecule has 0 aliphatic carbocycles. The zero-order valence-electron chi connectivity index (χ0n) is 13.2. The molecule has 23 heavy (non-hydrogen) atoms. The van der Waals surface area contributed by atoms with E-state index in [1.54, 1.807) is 12.1 Å². The van der Waals surface area contributed by atoms with Crippen LogP contribution in [0.4, 0.5) is 0 Å². The number of nitrogens with zero attached hydrogens (tertiary/aromatic N) is 1. The van der Waals surface area contributed by atoms with Crippen molar-refractivity contribution < 1.29 is 14.6 Å². The number of carbonyl (C=O) groups is 1. The molecule has 120 valence electrons. The Hall–Kier alpha value is -2.17. The molecule has 2 atom stereocenters. The lowest BCUT2D eigenvalue weighted by molar-refractivity contribution is -0.0633. The Balaban J connectivity index is 1.69. The minimum absolute atomic E-state index is 0.0886. The van der Waals surface area contributed by atoms with Crippen molar-refractivity contribution >= 4 is 5.97 Å². The number of rotatable bonds is 4. The van der Waals surface area contributed by atoms with E-state index in [9.17, 15) is 4.79 Å². The summed E-state index contributed by atoms with van der Waals surface area (Å²) in [5.74, 6) is -0.888. The van der Waals surface area contributed by atoms with Crippen LogP contribution in [0.15, 0.2) is 54.6 Å². The first-order chi connectivity index (χ1) is 11.1. The third-order valence-electron chi connectivity index (χ3n) is 4.32. The van der Waals surface area contributed by atoms with E-state index in [1.807, 2.05) is 30.3 Å². The third kappa shape index (κ3) is 3.78. The lowest BCUT2D eigenvalue weighted by Gasteiger charge is -2.38. The van der Waals surface area contributed by atoms with Gasteiger partial charge in [-0.05, 0) is 30.2 Å². The average Bonchev–Trinajstić information content (AvgIpc) is 2.58. The molecule has 0 radical (unpaired) electrons. The highest BCUT2D eigenvalue weighted by molar-refractivity contribution is 5.87. The fourth-order valence-electron chi connectivity index (χ4n) is 2.88. The molecule has 3 rings (SSSR count). The first kappa shape index (κ1) is 15.7. The van der Waals surface area contributed by atoms with Crippen molar-refractivity contribution in [2.24, 2.45) is 0 Å². The molecule has 2 aromatic rings. The maximum Gasteiger partial charge on any atom is 0.335 e. The van der Waals surface area contributed by atoms with Gasteiger partial charge in [-0.15, -0.1) is 0 Å². The number of carboxylic acid groups (broad SMARTS) is 1. The Morgan fingerprint density at radius 1 is 1.17 bits per heavy atom. The molecule has 1 fully saturated rings. The summed E-state index contributed by atoms with van der Waals surface area (Å²) < 4.78 is 5.98. The molecule has 2 aromatic carbocycles. The molecular formula is C19H21NO3. The maximum atomic E-state index is 10.9. The van der Waals surface area contributed by atoms with Crippen molar-refractivity contribution in [3.8, 4) is 0 Å². The minimum atomic E-state index is -0.888. The Morgan fingerprint density at radius 3 is 2.52 bits per heavy atom. The van der Waals surface area contributed by atoms with Gasteiger partial charge in [-0.25, -0.2) is 4.79 Å². The van der Waals surface area contributed by atoms with Gasteiger partial charge in [0.25, 0.3) is 0 Å². The summed E-state index contributed by atoms with van der Waals surface area (Å²) in [6.45, 7) is 4.50. The summed E-state index contributed by atoms with van der Waals surface area (Å²) in [5, 5.41) is 8.97. The number of aromatic carboxylic acids is 1. The smallest absolute Gasteiger partial charge is 0.335 e. The van der Waals surface area contributed by atoms with Gasteiger partial charge in [0.15, 0.2) is 0 Å². The highest BCUT2D eigenvalue weighted by Gasteiger charge is 2.27. The van der Waals surface area contributed by atoms with Crippen LogP contribution >= 0.6 is 0 Å². The second-order valence-electron chi connectivity index (χ2n) is 6.01. The van der Waals surface area contributed by atoms with Gasteiger partial charge in [0.1, 0.15) is 0 Å². The van der Waals surface area contributed by atoms with Crippen molar-refractivity contribution in [2.45, 2.75) is 25.6 Å². The predicted octanol–water partition coefficient (Wildman–Crippen LogP) is 3.35. The van der Waals surface area contributed by atoms with Crippen LogP contribution in [0, 0.1) is 0 Å². The van der Waals surface area contributed by atoms with Crippen LogP contribution in [-0.2, 0) is 11.3 Å². The predicted molar refractivity (Wildman–Crippen MR) is 88.4 cm³/mol. The highest BCUT2D eigenvalue weighted by Crippen LogP contribution is 2.26. The Kier molecular flexibility index (Phi) is 4.74. The molecule has 1 aliphatic heterocycles. The summed E-state index contributed by atoms with van der Waals surface area (Å²) in [4.78, 5) is 13.3. The normalized spacial score (nSPS) is 22.0. The van der Waals surface area contributed by atoms with E-state index >= 15 is 0 Å². The van der Waals surface area contributed by atoms with Gasteiger partial charge in [-0.1, -0.05) is 42.5 Å². The van der Waals surface area contributed by atoms with Gasteiger partial charge in [0.05, 0.1) is 18.3 Å². The number of carboxylic acids is 1. The second kappa shape index (κ2) is 6.94. The molecule has 1 aliphatic rings. The summed E-state index contributed by atoms with van der Waals surface area (Å²) in [5.41, 5.74) is 2.65. The van der Waals surface area contributed by atoms with Gasteiger partial charge >= 0.3 is 5.97 Å². The average molecular weight is 311 g/mol. The topological polar surface area (TPSA) is 49.8 Å². The molecule has 0 amide bonds. The van der Waals surface area contributed by atoms with Crippen LogP contribution in [0.5, 0.6) is 0 Å². The van der Waals surface area contributed by atoms with Crippen molar-refractivity contribution in [1.29, 1.82) is 0 Å². The fourth-order valence-corrected chi connectivity index (χ4v) is 2.88. The van der Waals surface area contributed by atoms with Gasteiger partial charge in [0.2, 0.25) is 0 Å². The van der Waals surface area contributed by atoms with Crippen LogP contribution in [0.25, 0.3) is 0 Å². The van der Waals surface area contributed by atoms with Gasteiger partial charge in [-0.3, -0.25) is 4.90 Å². The minimum Gasteiger partial charge on any atom is -0.478 e. The number of hydrogen-bond donors (Lipinski definition) is 1. The monoisotopic (exact) mass is 311 g/mol. The zero-order valence-corrected chi connectivity index (χ0v) is 13.2. The molecule has 4 nitrogen and oxygen atoms in total. The molecule has 0 bridgehead atoms. The zero-order chi connectivity index (χ0) is 16.2. The number of ether oxygens (including phenoxy) is 1. The maximum absolute atomic E-state index is 10.9. The van der Waals surface area contributed by atoms with E-state index in [0.717, 1.165) is 18.7 Å². The van der Waals surface area contributed by atoms with Crippen LogP contribution in [0.2, 0.25) is 0 Å². The molecule has 0 saturated carbocycles. The molecule has 4 heteroatoms. The summed E-state index contributed by atoms with van der Waals surface area (Å²) in [7, 11) is 0. The Morgan fingerprint density at radius 2 is 1.87 bits per heavy atom. The largest absolute Gasteiger partial charge is 0.478 e. The van der Waals surface area contributed by atoms with E-state index < -0.39 is 5.97 Å². The van der Waals surface area contributed by atoms with E-state index in [4.69, 9.17) is 9.84 Å². The number of hydrogen-bond acceptors (Lipinski definition) is 3. The van der Waals surface area contributed by atoms with Crippen molar-refractivity contribution in [2.75, 3.05) is 13.2 Å². The van der Waals surface area contributed by atoms with Crippen molar-refractivity contribution in [3.05, 3.63) is 71.3 Å². The van der Waals surface area contributed by atoms with Gasteiger partial charge in [0, 0.05) is 19.1 Å². The van der Waals surface area contributed by atoms with Crippen molar-refractivity contribution in [3.63, 3.8) is 0 Å². The lowest BCUT2D eigenvalue weighted by Crippen LogP contribution is -2.44. The first-order valence-electron chi connectivity index (χ1n) is 7.86. The van der Waals surface area contributed by atoms with Crippen LogP contribution in [0.3, 0.4) is 0 Å². The highest BCUT2D eigenvalue weighted by atomic mass is 16.5. The quantitative estimate of drug-likeness (QED) is 0.941. The number of benzene rings is 2. The SMILES string of the molecule is CC1COC(c2ccccc2)CN1Cc1ccc(C(=O)O)cc1.